The lowest BCUT2D eigenvalue weighted by Crippen LogP contribution is -2.22. The summed E-state index contributed by atoms with van der Waals surface area (Å²) in [5.74, 6) is -0.613. The lowest BCUT2D eigenvalue weighted by atomic mass is 10.2. The van der Waals surface area contributed by atoms with Crippen molar-refractivity contribution in [1.29, 1.82) is 0 Å². The van der Waals surface area contributed by atoms with Crippen molar-refractivity contribution >= 4 is 50.8 Å². The number of aromatic nitrogens is 2. The lowest BCUT2D eigenvalue weighted by Gasteiger charge is -2.12. The predicted molar refractivity (Wildman–Crippen MR) is 108 cm³/mol. The van der Waals surface area contributed by atoms with Gasteiger partial charge in [0.2, 0.25) is 11.8 Å². The van der Waals surface area contributed by atoms with Crippen LogP contribution in [0.4, 0.5) is 5.69 Å². The quantitative estimate of drug-likeness (QED) is 0.507. The van der Waals surface area contributed by atoms with Gasteiger partial charge in [-0.2, -0.15) is 0 Å². The Kier molecular flexibility index (Phi) is 4.84. The number of thiophene rings is 1. The molecule has 3 N–H and O–H groups in total. The Morgan fingerprint density at radius 3 is 2.74 bits per heavy atom. The average Bonchev–Trinajstić information content (AvgIpc) is 3.23. The second kappa shape index (κ2) is 7.28. The number of carbonyl (C=O) groups is 2. The molecule has 2 amide bonds. The van der Waals surface area contributed by atoms with Crippen LogP contribution in [-0.2, 0) is 17.6 Å². The zero-order chi connectivity index (χ0) is 19.0. The summed E-state index contributed by atoms with van der Waals surface area (Å²) in [5.41, 5.74) is 7.62. The highest BCUT2D eigenvalue weighted by atomic mass is 32.2. The van der Waals surface area contributed by atoms with Gasteiger partial charge in [-0.3, -0.25) is 9.59 Å². The molecule has 2 aromatic heterocycles. The number of nitrogens with zero attached hydrogens (tertiary/aromatic N) is 2. The van der Waals surface area contributed by atoms with Crippen molar-refractivity contribution in [2.45, 2.75) is 36.5 Å². The molecule has 6 nitrogen and oxygen atoms in total. The molecule has 1 unspecified atom stereocenters. The average molecular weight is 399 g/mol. The third-order valence-corrected chi connectivity index (χ3v) is 6.86. The van der Waals surface area contributed by atoms with Crippen LogP contribution in [0.5, 0.6) is 0 Å². The first-order chi connectivity index (χ1) is 13.0. The smallest absolute Gasteiger partial charge is 0.248 e. The highest BCUT2D eigenvalue weighted by Crippen LogP contribution is 2.40. The molecule has 0 aliphatic heterocycles. The Hall–Kier alpha value is -2.45. The minimum atomic E-state index is -0.493. The Bertz CT molecular complexity index is 1030. The number of hydrogen-bond acceptors (Lipinski definition) is 6. The third-order valence-electron chi connectivity index (χ3n) is 4.56. The van der Waals surface area contributed by atoms with Crippen LogP contribution in [0.25, 0.3) is 10.2 Å². The first kappa shape index (κ1) is 17.9. The number of amides is 2. The number of carbonyl (C=O) groups excluding carboxylic acids is 2. The van der Waals surface area contributed by atoms with Crippen molar-refractivity contribution < 1.29 is 9.59 Å². The van der Waals surface area contributed by atoms with Crippen LogP contribution in [-0.4, -0.2) is 27.0 Å². The molecule has 0 saturated carbocycles. The highest BCUT2D eigenvalue weighted by molar-refractivity contribution is 8.00. The number of rotatable bonds is 5. The van der Waals surface area contributed by atoms with Gasteiger partial charge in [0.15, 0.2) is 0 Å². The van der Waals surface area contributed by atoms with Gasteiger partial charge in [-0.1, -0.05) is 11.8 Å². The second-order valence-corrected chi connectivity index (χ2v) is 8.82. The third kappa shape index (κ3) is 3.54. The Morgan fingerprint density at radius 1 is 1.22 bits per heavy atom. The van der Waals surface area contributed by atoms with Gasteiger partial charge in [0, 0.05) is 21.5 Å². The summed E-state index contributed by atoms with van der Waals surface area (Å²) in [7, 11) is 0. The van der Waals surface area contributed by atoms with E-state index in [-0.39, 0.29) is 11.2 Å². The Morgan fingerprint density at radius 2 is 2.00 bits per heavy atom. The molecule has 0 saturated heterocycles. The van der Waals surface area contributed by atoms with Gasteiger partial charge < -0.3 is 11.1 Å². The summed E-state index contributed by atoms with van der Waals surface area (Å²) < 4.78 is 0. The van der Waals surface area contributed by atoms with Gasteiger partial charge in [-0.25, -0.2) is 9.97 Å². The maximum Gasteiger partial charge on any atom is 0.248 e. The molecule has 1 aromatic carbocycles. The van der Waals surface area contributed by atoms with E-state index in [1.807, 2.05) is 6.92 Å². The van der Waals surface area contributed by atoms with Crippen LogP contribution in [0, 0.1) is 0 Å². The second-order valence-electron chi connectivity index (χ2n) is 6.41. The molecule has 8 heteroatoms. The van der Waals surface area contributed by atoms with Gasteiger partial charge in [-0.15, -0.1) is 11.3 Å². The molecule has 138 valence electrons. The summed E-state index contributed by atoms with van der Waals surface area (Å²) in [6.45, 7) is 1.86. The Balaban J connectivity index is 1.50. The van der Waals surface area contributed by atoms with Crippen molar-refractivity contribution in [2.75, 3.05) is 5.32 Å². The van der Waals surface area contributed by atoms with E-state index in [2.05, 4.69) is 15.3 Å². The van der Waals surface area contributed by atoms with E-state index in [1.54, 1.807) is 41.9 Å². The number of benzene rings is 1. The number of nitrogens with two attached hydrogens (primary N) is 1. The maximum absolute atomic E-state index is 12.6. The summed E-state index contributed by atoms with van der Waals surface area (Å²) >= 11 is 3.19. The molecule has 3 aromatic rings. The van der Waals surface area contributed by atoms with Crippen LogP contribution < -0.4 is 11.1 Å². The SMILES string of the molecule is CC(Sc1ncnc2sc3c(c12)CCC3)C(=O)Nc1ccc(C(N)=O)cc1. The number of nitrogens with one attached hydrogen (secondary N) is 1. The van der Waals surface area contributed by atoms with Gasteiger partial charge in [-0.05, 0) is 56.0 Å². The summed E-state index contributed by atoms with van der Waals surface area (Å²) in [4.78, 5) is 35.0. The minimum Gasteiger partial charge on any atom is -0.366 e. The number of aryl methyl sites for hydroxylation is 2. The van der Waals surface area contributed by atoms with Crippen molar-refractivity contribution in [2.24, 2.45) is 5.73 Å². The van der Waals surface area contributed by atoms with Gasteiger partial charge >= 0.3 is 0 Å². The molecule has 4 rings (SSSR count). The van der Waals surface area contributed by atoms with Crippen molar-refractivity contribution in [3.63, 3.8) is 0 Å². The molecule has 0 fully saturated rings. The van der Waals surface area contributed by atoms with E-state index in [0.29, 0.717) is 11.3 Å². The van der Waals surface area contributed by atoms with E-state index >= 15 is 0 Å². The minimum absolute atomic E-state index is 0.120. The number of hydrogen-bond donors (Lipinski definition) is 2. The van der Waals surface area contributed by atoms with Crippen LogP contribution in [0.3, 0.4) is 0 Å². The molecule has 0 radical (unpaired) electrons. The lowest BCUT2D eigenvalue weighted by molar-refractivity contribution is -0.115. The zero-order valence-electron chi connectivity index (χ0n) is 14.7. The van der Waals surface area contributed by atoms with E-state index in [4.69, 9.17) is 5.73 Å². The summed E-state index contributed by atoms with van der Waals surface area (Å²) in [6, 6.07) is 6.53. The molecule has 0 spiro atoms. The molecule has 27 heavy (non-hydrogen) atoms. The number of thioether (sulfide) groups is 1. The number of anilines is 1. The fraction of sp³-hybridized carbons (Fsp3) is 0.263. The van der Waals surface area contributed by atoms with E-state index < -0.39 is 5.91 Å². The summed E-state index contributed by atoms with van der Waals surface area (Å²) in [5, 5.41) is 4.53. The number of fused-ring (bicyclic) bond motifs is 3. The Labute approximate surface area is 164 Å². The summed E-state index contributed by atoms with van der Waals surface area (Å²) in [6.07, 6.45) is 4.91. The van der Waals surface area contributed by atoms with Crippen LogP contribution in [0.2, 0.25) is 0 Å². The van der Waals surface area contributed by atoms with Crippen molar-refractivity contribution in [1.82, 2.24) is 9.97 Å². The fourth-order valence-corrected chi connectivity index (χ4v) is 5.41. The van der Waals surface area contributed by atoms with Gasteiger partial charge in [0.1, 0.15) is 16.2 Å². The van der Waals surface area contributed by atoms with Crippen molar-refractivity contribution in [3.05, 3.63) is 46.6 Å². The topological polar surface area (TPSA) is 98.0 Å². The standard InChI is InChI=1S/C19H18N4O2S2/c1-10(17(25)23-12-7-5-11(6-8-12)16(20)24)26-18-15-13-3-2-4-14(13)27-19(15)22-9-21-18/h5-10H,2-4H2,1H3,(H2,20,24)(H,23,25). The highest BCUT2D eigenvalue weighted by Gasteiger charge is 2.24. The van der Waals surface area contributed by atoms with Crippen LogP contribution in [0.1, 0.15) is 34.1 Å². The zero-order valence-corrected chi connectivity index (χ0v) is 16.3. The van der Waals surface area contributed by atoms with Gasteiger partial charge in [0.05, 0.1) is 5.25 Å². The number of primary amides is 1. The first-order valence-corrected chi connectivity index (χ1v) is 10.3. The normalized spacial score (nSPS) is 14.1. The molecule has 1 aliphatic carbocycles. The molecular weight excluding hydrogens is 380 g/mol. The maximum atomic E-state index is 12.6. The largest absolute Gasteiger partial charge is 0.366 e. The van der Waals surface area contributed by atoms with Crippen LogP contribution in [0.15, 0.2) is 35.6 Å². The molecule has 0 bridgehead atoms. The molecule has 2 heterocycles. The van der Waals surface area contributed by atoms with Crippen LogP contribution >= 0.6 is 23.1 Å². The molecule has 1 aliphatic rings. The van der Waals surface area contributed by atoms with Crippen molar-refractivity contribution in [3.8, 4) is 0 Å². The molecule has 1 atom stereocenters. The first-order valence-electron chi connectivity index (χ1n) is 8.65. The van der Waals surface area contributed by atoms with Gasteiger partial charge in [0.25, 0.3) is 0 Å². The molecular formula is C19H18N4O2S2. The van der Waals surface area contributed by atoms with E-state index in [9.17, 15) is 9.59 Å². The van der Waals surface area contributed by atoms with E-state index in [1.165, 1.54) is 28.6 Å². The van der Waals surface area contributed by atoms with E-state index in [0.717, 1.165) is 28.1 Å². The predicted octanol–water partition coefficient (Wildman–Crippen LogP) is 3.40. The monoisotopic (exact) mass is 398 g/mol. The fourth-order valence-electron chi connectivity index (χ4n) is 3.17.